The van der Waals surface area contributed by atoms with Gasteiger partial charge in [0.15, 0.2) is 0 Å². The van der Waals surface area contributed by atoms with Crippen molar-refractivity contribution in [3.8, 4) is 0 Å². The number of nitrogens with zero attached hydrogens (tertiary/aromatic N) is 2. The molecule has 0 radical (unpaired) electrons. The Morgan fingerprint density at radius 2 is 2.24 bits per heavy atom. The summed E-state index contributed by atoms with van der Waals surface area (Å²) in [5, 5.41) is 2.87. The van der Waals surface area contributed by atoms with Crippen LogP contribution in [0.15, 0.2) is 6.07 Å². The summed E-state index contributed by atoms with van der Waals surface area (Å²) in [5.74, 6) is 0.376. The molecule has 0 unspecified atom stereocenters. The van der Waals surface area contributed by atoms with Crippen molar-refractivity contribution >= 4 is 29.2 Å². The fourth-order valence-electron chi connectivity index (χ4n) is 1.09. The molecule has 0 fully saturated rings. The van der Waals surface area contributed by atoms with Crippen LogP contribution in [-0.2, 0) is 4.74 Å². The highest BCUT2D eigenvalue weighted by Gasteiger charge is 2.04. The number of aromatic nitrogens is 2. The number of rotatable bonds is 5. The number of nitrogens with two attached hydrogens (primary N) is 2. The van der Waals surface area contributed by atoms with Crippen molar-refractivity contribution < 1.29 is 9.53 Å². The number of ether oxygens (including phenoxy) is 1. The first-order valence-electron chi connectivity index (χ1n) is 4.80. The van der Waals surface area contributed by atoms with E-state index in [1.165, 1.54) is 0 Å². The van der Waals surface area contributed by atoms with Crippen LogP contribution in [0.4, 0.5) is 10.7 Å². The Morgan fingerprint density at radius 1 is 1.53 bits per heavy atom. The maximum absolute atomic E-state index is 10.3. The summed E-state index contributed by atoms with van der Waals surface area (Å²) in [5.41, 5.74) is 11.5. The van der Waals surface area contributed by atoms with Crippen LogP contribution in [0, 0.1) is 6.92 Å². The number of carbonyl (C=O) groups is 1. The van der Waals surface area contributed by atoms with E-state index in [4.69, 9.17) is 23.7 Å². The number of aryl methyl sites for hydroxylation is 1. The molecule has 1 amide bonds. The molecule has 0 bridgehead atoms. The second-order valence-corrected chi connectivity index (χ2v) is 3.62. The van der Waals surface area contributed by atoms with Crippen LogP contribution in [0.3, 0.4) is 0 Å². The smallest absolute Gasteiger partial charge is 0.404 e. The number of hydrogen-bond donors (Lipinski definition) is 3. The maximum atomic E-state index is 10.3. The van der Waals surface area contributed by atoms with E-state index < -0.39 is 6.09 Å². The SMILES string of the molecule is Cc1cc(C(N)=S)nc(NCCOC(N)=O)n1. The van der Waals surface area contributed by atoms with Crippen LogP contribution in [0.2, 0.25) is 0 Å². The summed E-state index contributed by atoms with van der Waals surface area (Å²) in [4.78, 5) is 18.7. The van der Waals surface area contributed by atoms with Crippen LogP contribution < -0.4 is 16.8 Å². The summed E-state index contributed by atoms with van der Waals surface area (Å²) in [6.45, 7) is 2.28. The van der Waals surface area contributed by atoms with Gasteiger partial charge in [-0.15, -0.1) is 0 Å². The number of nitrogens with one attached hydrogen (secondary N) is 1. The molecule has 1 heterocycles. The number of carbonyl (C=O) groups excluding carboxylic acids is 1. The van der Waals surface area contributed by atoms with Crippen molar-refractivity contribution in [1.82, 2.24) is 9.97 Å². The third-order valence-corrected chi connectivity index (χ3v) is 1.95. The molecule has 1 aromatic heterocycles. The topological polar surface area (TPSA) is 116 Å². The first-order chi connectivity index (χ1) is 7.99. The van der Waals surface area contributed by atoms with Crippen LogP contribution >= 0.6 is 12.2 Å². The zero-order valence-electron chi connectivity index (χ0n) is 9.27. The molecular formula is C9H13N5O2S. The zero-order valence-corrected chi connectivity index (χ0v) is 10.1. The molecule has 17 heavy (non-hydrogen) atoms. The molecule has 0 aliphatic rings. The summed E-state index contributed by atoms with van der Waals surface area (Å²) in [6, 6.07) is 1.69. The molecule has 0 atom stereocenters. The highest BCUT2D eigenvalue weighted by molar-refractivity contribution is 7.80. The molecule has 0 spiro atoms. The Labute approximate surface area is 104 Å². The van der Waals surface area contributed by atoms with E-state index in [9.17, 15) is 4.79 Å². The average molecular weight is 255 g/mol. The third-order valence-electron chi connectivity index (χ3n) is 1.74. The summed E-state index contributed by atoms with van der Waals surface area (Å²) in [6.07, 6.45) is -0.819. The molecule has 0 aliphatic heterocycles. The van der Waals surface area contributed by atoms with Crippen LogP contribution in [0.1, 0.15) is 11.4 Å². The predicted molar refractivity (Wildman–Crippen MR) is 66.7 cm³/mol. The quantitative estimate of drug-likeness (QED) is 0.498. The number of amides is 1. The van der Waals surface area contributed by atoms with Gasteiger partial charge >= 0.3 is 6.09 Å². The lowest BCUT2D eigenvalue weighted by Gasteiger charge is -2.07. The largest absolute Gasteiger partial charge is 0.448 e. The van der Waals surface area contributed by atoms with E-state index >= 15 is 0 Å². The van der Waals surface area contributed by atoms with Gasteiger partial charge < -0.3 is 21.5 Å². The van der Waals surface area contributed by atoms with Gasteiger partial charge in [0.25, 0.3) is 0 Å². The molecule has 0 saturated carbocycles. The molecule has 5 N–H and O–H groups in total. The fraction of sp³-hybridized carbons (Fsp3) is 0.333. The lowest BCUT2D eigenvalue weighted by molar-refractivity contribution is 0.161. The van der Waals surface area contributed by atoms with Gasteiger partial charge in [-0.05, 0) is 13.0 Å². The summed E-state index contributed by atoms with van der Waals surface area (Å²) >= 11 is 4.82. The normalized spacial score (nSPS) is 9.71. The Kier molecular flexibility index (Phi) is 4.58. The molecule has 0 saturated heterocycles. The van der Waals surface area contributed by atoms with Crippen LogP contribution in [0.25, 0.3) is 0 Å². The fourth-order valence-corrected chi connectivity index (χ4v) is 1.19. The molecule has 1 aromatic rings. The second kappa shape index (κ2) is 5.94. The van der Waals surface area contributed by atoms with Gasteiger partial charge in [0.05, 0.1) is 6.54 Å². The van der Waals surface area contributed by atoms with E-state index in [2.05, 4.69) is 20.0 Å². The van der Waals surface area contributed by atoms with Crippen LogP contribution in [-0.4, -0.2) is 34.2 Å². The Hall–Kier alpha value is -1.96. The van der Waals surface area contributed by atoms with Crippen molar-refractivity contribution in [3.63, 3.8) is 0 Å². The van der Waals surface area contributed by atoms with Gasteiger partial charge in [-0.3, -0.25) is 0 Å². The van der Waals surface area contributed by atoms with E-state index in [1.54, 1.807) is 13.0 Å². The standard InChI is InChI=1S/C9H13N5O2S/c1-5-4-6(7(10)17)14-9(13-5)12-2-3-16-8(11)15/h4H,2-3H2,1H3,(H2,10,17)(H2,11,15)(H,12,13,14). The lowest BCUT2D eigenvalue weighted by Crippen LogP contribution is -2.20. The lowest BCUT2D eigenvalue weighted by atomic mass is 10.3. The molecule has 92 valence electrons. The number of thiocarbonyl (C=S) groups is 1. The number of primary amides is 1. The third kappa shape index (κ3) is 4.60. The molecule has 8 heteroatoms. The minimum absolute atomic E-state index is 0.134. The van der Waals surface area contributed by atoms with Gasteiger partial charge in [0.2, 0.25) is 5.95 Å². The average Bonchev–Trinajstić information content (AvgIpc) is 2.23. The first-order valence-corrected chi connectivity index (χ1v) is 5.21. The van der Waals surface area contributed by atoms with Crippen molar-refractivity contribution in [2.45, 2.75) is 6.92 Å². The minimum atomic E-state index is -0.819. The zero-order chi connectivity index (χ0) is 12.8. The van der Waals surface area contributed by atoms with Gasteiger partial charge in [0.1, 0.15) is 17.3 Å². The number of hydrogen-bond acceptors (Lipinski definition) is 6. The van der Waals surface area contributed by atoms with E-state index in [0.717, 1.165) is 5.69 Å². The summed E-state index contributed by atoms with van der Waals surface area (Å²) < 4.78 is 4.54. The van der Waals surface area contributed by atoms with Crippen molar-refractivity contribution in [2.75, 3.05) is 18.5 Å². The highest BCUT2D eigenvalue weighted by atomic mass is 32.1. The van der Waals surface area contributed by atoms with Gasteiger partial charge in [0, 0.05) is 5.69 Å². The molecule has 0 aromatic carbocycles. The molecule has 1 rings (SSSR count). The van der Waals surface area contributed by atoms with Crippen molar-refractivity contribution in [3.05, 3.63) is 17.5 Å². The van der Waals surface area contributed by atoms with Gasteiger partial charge in [-0.2, -0.15) is 0 Å². The Bertz CT molecular complexity index is 437. The second-order valence-electron chi connectivity index (χ2n) is 3.18. The predicted octanol–water partition coefficient (Wildman–Crippen LogP) is -0.0736. The van der Waals surface area contributed by atoms with E-state index in [0.29, 0.717) is 18.2 Å². The Morgan fingerprint density at radius 3 is 2.82 bits per heavy atom. The molecule has 0 aliphatic carbocycles. The monoisotopic (exact) mass is 255 g/mol. The first kappa shape index (κ1) is 13.1. The molecular weight excluding hydrogens is 242 g/mol. The molecule has 7 nitrogen and oxygen atoms in total. The van der Waals surface area contributed by atoms with Gasteiger partial charge in [-0.1, -0.05) is 12.2 Å². The van der Waals surface area contributed by atoms with Crippen molar-refractivity contribution in [2.24, 2.45) is 11.5 Å². The maximum Gasteiger partial charge on any atom is 0.404 e. The van der Waals surface area contributed by atoms with E-state index in [-0.39, 0.29) is 11.6 Å². The van der Waals surface area contributed by atoms with Crippen molar-refractivity contribution in [1.29, 1.82) is 0 Å². The Balaban J connectivity index is 2.59. The number of anilines is 1. The van der Waals surface area contributed by atoms with Crippen LogP contribution in [0.5, 0.6) is 0 Å². The van der Waals surface area contributed by atoms with E-state index in [1.807, 2.05) is 0 Å². The minimum Gasteiger partial charge on any atom is -0.448 e. The summed E-state index contributed by atoms with van der Waals surface area (Å²) in [7, 11) is 0. The van der Waals surface area contributed by atoms with Gasteiger partial charge in [-0.25, -0.2) is 14.8 Å². The highest BCUT2D eigenvalue weighted by Crippen LogP contribution is 2.04.